The molecule has 0 amide bonds. The second-order valence-electron chi connectivity index (χ2n) is 2.31. The minimum absolute atomic E-state index is 0. The van der Waals surface area contributed by atoms with Gasteiger partial charge in [-0.15, -0.1) is 0 Å². The number of rotatable bonds is 3. The van der Waals surface area contributed by atoms with Crippen LogP contribution >= 0.6 is 0 Å². The van der Waals surface area contributed by atoms with E-state index in [2.05, 4.69) is 5.23 Å². The molecule has 1 atom stereocenters. The van der Waals surface area contributed by atoms with Gasteiger partial charge in [-0.1, -0.05) is 30.3 Å². The summed E-state index contributed by atoms with van der Waals surface area (Å²) in [6, 6.07) is 9.43. The van der Waals surface area contributed by atoms with E-state index in [1.165, 1.54) is 0 Å². The van der Waals surface area contributed by atoms with Crippen LogP contribution in [0.1, 0.15) is 13.0 Å². The van der Waals surface area contributed by atoms with Gasteiger partial charge in [-0.2, -0.15) is 0 Å². The average Bonchev–Trinajstić information content (AvgIpc) is 2.09. The number of hydrogen-bond acceptors (Lipinski definition) is 2. The van der Waals surface area contributed by atoms with Crippen molar-refractivity contribution in [2.24, 2.45) is 0 Å². The zero-order valence-electron chi connectivity index (χ0n) is 7.20. The van der Waals surface area contributed by atoms with Crippen molar-refractivity contribution in [3.05, 3.63) is 35.9 Å². The molecule has 0 aliphatic heterocycles. The van der Waals surface area contributed by atoms with E-state index in [0.29, 0.717) is 0 Å². The Balaban J connectivity index is 0.00000121. The van der Waals surface area contributed by atoms with E-state index in [1.54, 1.807) is 0 Å². The third-order valence-electron chi connectivity index (χ3n) is 1.59. The van der Waals surface area contributed by atoms with Crippen LogP contribution in [0.2, 0.25) is 0 Å². The Morgan fingerprint density at radius 2 is 2.09 bits per heavy atom. The molecule has 3 heteroatoms. The van der Waals surface area contributed by atoms with E-state index < -0.39 is 0 Å². The van der Waals surface area contributed by atoms with Crippen molar-refractivity contribution in [2.45, 2.75) is 6.04 Å². The number of hydrogen-bond donors (Lipinski definition) is 2. The molecule has 11 heavy (non-hydrogen) atoms. The summed E-state index contributed by atoms with van der Waals surface area (Å²) in [4.78, 5) is 0. The van der Waals surface area contributed by atoms with Gasteiger partial charge in [-0.25, -0.2) is 0 Å². The van der Waals surface area contributed by atoms with Gasteiger partial charge in [0, 0.05) is 6.04 Å². The number of nitrogens with one attached hydrogen (secondary N) is 1. The lowest BCUT2D eigenvalue weighted by atomic mass is 10.1. The lowest BCUT2D eigenvalue weighted by Crippen LogP contribution is -2.21. The fourth-order valence-electron chi connectivity index (χ4n) is 0.940. The highest BCUT2D eigenvalue weighted by atomic mass is 16.3. The third-order valence-corrected chi connectivity index (χ3v) is 1.59. The van der Waals surface area contributed by atoms with Crippen LogP contribution in [0.3, 0.4) is 0 Å². The second-order valence-corrected chi connectivity index (χ2v) is 2.31. The molecule has 0 aromatic heterocycles. The zero-order valence-corrected chi connectivity index (χ0v) is 6.20. The predicted octanol–water partition coefficient (Wildman–Crippen LogP) is 0.506. The van der Waals surface area contributed by atoms with Crippen molar-refractivity contribution in [3.63, 3.8) is 0 Å². The van der Waals surface area contributed by atoms with Gasteiger partial charge in [-0.3, -0.25) is 0 Å². The summed E-state index contributed by atoms with van der Waals surface area (Å²) in [6.45, 7) is 0.0144. The van der Waals surface area contributed by atoms with Crippen LogP contribution in [0.25, 0.3) is 0 Å². The molecular weight excluding hydrogens is 137 g/mol. The van der Waals surface area contributed by atoms with E-state index >= 15 is 0 Å². The largest absolute Gasteiger partial charge is 1.00 e. The molecule has 0 aliphatic rings. The first kappa shape index (κ1) is 8.30. The standard InChI is InChI=1S/C8H10BNO/c9-10-8(6-11)7-4-2-1-3-5-7/h1-5,8,10-11H,6H2/q-1/p+1/t8-/m1/s1. The Morgan fingerprint density at radius 1 is 1.45 bits per heavy atom. The van der Waals surface area contributed by atoms with Crippen LogP contribution in [-0.4, -0.2) is 19.7 Å². The molecule has 1 rings (SSSR count). The van der Waals surface area contributed by atoms with Crippen LogP contribution in [0.4, 0.5) is 0 Å². The Labute approximate surface area is 69.2 Å². The zero-order chi connectivity index (χ0) is 8.10. The minimum atomic E-state index is -0.156. The molecule has 0 saturated carbocycles. The van der Waals surface area contributed by atoms with E-state index in [-0.39, 0.29) is 14.1 Å². The summed E-state index contributed by atoms with van der Waals surface area (Å²) in [6.07, 6.45) is 0. The predicted molar refractivity (Wildman–Crippen MR) is 46.3 cm³/mol. The SMILES string of the molecule is [B-]N[C@H](CO)c1ccccc1.[H+]. The van der Waals surface area contributed by atoms with Crippen LogP contribution in [0, 0.1) is 0 Å². The molecule has 0 spiro atoms. The molecule has 0 unspecified atom stereocenters. The van der Waals surface area contributed by atoms with Gasteiger partial charge < -0.3 is 18.3 Å². The molecule has 0 saturated heterocycles. The summed E-state index contributed by atoms with van der Waals surface area (Å²) in [7, 11) is 5.21. The fraction of sp³-hybridized carbons (Fsp3) is 0.250. The van der Waals surface area contributed by atoms with Crippen LogP contribution in [0.5, 0.6) is 0 Å². The van der Waals surface area contributed by atoms with Gasteiger partial charge >= 0.3 is 1.43 Å². The highest BCUT2D eigenvalue weighted by molar-refractivity contribution is 6.04. The first-order valence-corrected chi connectivity index (χ1v) is 3.50. The first-order chi connectivity index (χ1) is 5.38. The third kappa shape index (κ3) is 2.07. The molecule has 0 heterocycles. The molecule has 3 radical (unpaired) electrons. The maximum Gasteiger partial charge on any atom is 1.00 e. The van der Waals surface area contributed by atoms with Gasteiger partial charge in [-0.05, 0) is 5.56 Å². The van der Waals surface area contributed by atoms with Gasteiger partial charge in [0.05, 0.1) is 6.61 Å². The van der Waals surface area contributed by atoms with Crippen LogP contribution in [0.15, 0.2) is 30.3 Å². The Hall–Kier alpha value is -0.795. The quantitative estimate of drug-likeness (QED) is 0.612. The fourth-order valence-corrected chi connectivity index (χ4v) is 0.940. The lowest BCUT2D eigenvalue weighted by molar-refractivity contribution is 0.260. The van der Waals surface area contributed by atoms with Crippen molar-refractivity contribution < 1.29 is 6.53 Å². The molecular formula is C8H11BNO. The number of benzene rings is 1. The van der Waals surface area contributed by atoms with E-state index in [1.807, 2.05) is 30.3 Å². The number of aliphatic hydroxyl groups is 1. The Bertz CT molecular complexity index is 203. The molecule has 1 aromatic rings. The summed E-state index contributed by atoms with van der Waals surface area (Å²) < 4.78 is 0. The van der Waals surface area contributed by atoms with Crippen LogP contribution in [-0.2, 0) is 0 Å². The maximum atomic E-state index is 8.84. The topological polar surface area (TPSA) is 32.3 Å². The van der Waals surface area contributed by atoms with Crippen molar-refractivity contribution in [3.8, 4) is 0 Å². The average molecular weight is 148 g/mol. The molecule has 2 N–H and O–H groups in total. The summed E-state index contributed by atoms with van der Waals surface area (Å²) in [5, 5.41) is 11.4. The van der Waals surface area contributed by atoms with E-state index in [4.69, 9.17) is 13.1 Å². The first-order valence-electron chi connectivity index (χ1n) is 3.50. The van der Waals surface area contributed by atoms with Gasteiger partial charge in [0.25, 0.3) is 0 Å². The van der Waals surface area contributed by atoms with Gasteiger partial charge in [0.1, 0.15) is 0 Å². The molecule has 0 bridgehead atoms. The summed E-state index contributed by atoms with van der Waals surface area (Å²) >= 11 is 0. The maximum absolute atomic E-state index is 8.84. The Kier molecular flexibility index (Phi) is 3.14. The highest BCUT2D eigenvalue weighted by Gasteiger charge is 1.99. The molecule has 0 fully saturated rings. The lowest BCUT2D eigenvalue weighted by Gasteiger charge is -2.22. The van der Waals surface area contributed by atoms with Crippen molar-refractivity contribution in [1.82, 2.24) is 5.23 Å². The van der Waals surface area contributed by atoms with Gasteiger partial charge in [0.15, 0.2) is 0 Å². The molecule has 57 valence electrons. The smallest absolute Gasteiger partial charge is 0.585 e. The van der Waals surface area contributed by atoms with Crippen molar-refractivity contribution in [1.29, 1.82) is 0 Å². The van der Waals surface area contributed by atoms with Crippen molar-refractivity contribution >= 4 is 7.98 Å². The normalized spacial score (nSPS) is 12.9. The number of aliphatic hydroxyl groups excluding tert-OH is 1. The van der Waals surface area contributed by atoms with E-state index in [0.717, 1.165) is 5.56 Å². The second kappa shape index (κ2) is 4.16. The van der Waals surface area contributed by atoms with Crippen molar-refractivity contribution in [2.75, 3.05) is 6.61 Å². The molecule has 2 nitrogen and oxygen atoms in total. The highest BCUT2D eigenvalue weighted by Crippen LogP contribution is 2.09. The monoisotopic (exact) mass is 148 g/mol. The van der Waals surface area contributed by atoms with E-state index in [9.17, 15) is 0 Å². The molecule has 0 aliphatic carbocycles. The van der Waals surface area contributed by atoms with Gasteiger partial charge in [0.2, 0.25) is 0 Å². The summed E-state index contributed by atoms with van der Waals surface area (Å²) in [5.74, 6) is 0. The molecule has 1 aromatic carbocycles. The van der Waals surface area contributed by atoms with Crippen LogP contribution < -0.4 is 5.23 Å². The Morgan fingerprint density at radius 3 is 2.55 bits per heavy atom. The minimum Gasteiger partial charge on any atom is -0.585 e. The summed E-state index contributed by atoms with van der Waals surface area (Å²) in [5.41, 5.74) is 0.998.